The summed E-state index contributed by atoms with van der Waals surface area (Å²) in [6.07, 6.45) is 7.14. The van der Waals surface area contributed by atoms with Crippen molar-refractivity contribution in [1.82, 2.24) is 19.2 Å². The molecule has 7 nitrogen and oxygen atoms in total. The third-order valence-corrected chi connectivity index (χ3v) is 5.30. The van der Waals surface area contributed by atoms with E-state index in [1.54, 1.807) is 40.7 Å². The Labute approximate surface area is 134 Å². The number of sulfonamides is 1. The minimum absolute atomic E-state index is 0.265. The molecular weight excluding hydrogens is 314 g/mol. The zero-order chi connectivity index (χ0) is 16.2. The lowest BCUT2D eigenvalue weighted by Crippen LogP contribution is -2.14. The Morgan fingerprint density at radius 2 is 2.00 bits per heavy atom. The van der Waals surface area contributed by atoms with Crippen molar-refractivity contribution >= 4 is 21.4 Å². The van der Waals surface area contributed by atoms with Gasteiger partial charge in [-0.05, 0) is 31.9 Å². The van der Waals surface area contributed by atoms with Gasteiger partial charge in [0.05, 0.1) is 17.1 Å². The van der Waals surface area contributed by atoms with E-state index in [1.165, 1.54) is 0 Å². The molecule has 1 fully saturated rings. The number of aryl methyl sites for hydroxylation is 2. The van der Waals surface area contributed by atoms with E-state index < -0.39 is 10.0 Å². The Morgan fingerprint density at radius 3 is 2.74 bits per heavy atom. The zero-order valence-electron chi connectivity index (χ0n) is 12.9. The van der Waals surface area contributed by atoms with Crippen molar-refractivity contribution in [3.63, 3.8) is 0 Å². The number of hydrogen-bond acceptors (Lipinski definition) is 4. The zero-order valence-corrected chi connectivity index (χ0v) is 13.7. The number of aromatic nitrogens is 4. The maximum absolute atomic E-state index is 12.7. The van der Waals surface area contributed by atoms with Gasteiger partial charge in [-0.3, -0.25) is 9.40 Å². The fourth-order valence-corrected chi connectivity index (χ4v) is 4.03. The standard InChI is InChI=1S/C15H17N5O2S/c1-10-7-20-8-12(5-6-14(20)16-10)18-23(21,22)13-9-19(2)17-15(13)11-3-4-11/h5-9,11,18H,3-4H2,1-2H3. The fourth-order valence-electron chi connectivity index (χ4n) is 2.72. The van der Waals surface area contributed by atoms with Crippen LogP contribution in [0.3, 0.4) is 0 Å². The molecule has 0 aromatic carbocycles. The van der Waals surface area contributed by atoms with Crippen molar-refractivity contribution in [3.8, 4) is 0 Å². The summed E-state index contributed by atoms with van der Waals surface area (Å²) < 4.78 is 31.4. The molecule has 4 rings (SSSR count). The summed E-state index contributed by atoms with van der Waals surface area (Å²) >= 11 is 0. The molecule has 0 radical (unpaired) electrons. The number of fused-ring (bicyclic) bond motifs is 1. The van der Waals surface area contributed by atoms with E-state index in [-0.39, 0.29) is 10.8 Å². The monoisotopic (exact) mass is 331 g/mol. The predicted octanol–water partition coefficient (Wildman–Crippen LogP) is 2.05. The van der Waals surface area contributed by atoms with Crippen LogP contribution in [0.1, 0.15) is 30.1 Å². The van der Waals surface area contributed by atoms with Gasteiger partial charge in [0.25, 0.3) is 10.0 Å². The average Bonchev–Trinajstić information content (AvgIpc) is 3.13. The molecule has 23 heavy (non-hydrogen) atoms. The number of nitrogens with zero attached hydrogens (tertiary/aromatic N) is 4. The molecule has 0 unspecified atom stereocenters. The quantitative estimate of drug-likeness (QED) is 0.793. The largest absolute Gasteiger partial charge is 0.305 e. The molecule has 8 heteroatoms. The lowest BCUT2D eigenvalue weighted by atomic mass is 10.3. The second-order valence-corrected chi connectivity index (χ2v) is 7.65. The van der Waals surface area contributed by atoms with Crippen molar-refractivity contribution in [2.24, 2.45) is 7.05 Å². The smallest absolute Gasteiger partial charge is 0.265 e. The van der Waals surface area contributed by atoms with Crippen molar-refractivity contribution in [2.75, 3.05) is 4.72 Å². The van der Waals surface area contributed by atoms with Gasteiger partial charge in [0.2, 0.25) is 0 Å². The highest BCUT2D eigenvalue weighted by Crippen LogP contribution is 2.42. The molecule has 0 saturated heterocycles. The molecule has 3 aromatic heterocycles. The van der Waals surface area contributed by atoms with Crippen LogP contribution in [0.4, 0.5) is 5.69 Å². The summed E-state index contributed by atoms with van der Waals surface area (Å²) in [4.78, 5) is 4.60. The summed E-state index contributed by atoms with van der Waals surface area (Å²) in [6.45, 7) is 1.90. The Bertz CT molecular complexity index is 998. The van der Waals surface area contributed by atoms with E-state index in [4.69, 9.17) is 0 Å². The van der Waals surface area contributed by atoms with Gasteiger partial charge in [-0.1, -0.05) is 0 Å². The van der Waals surface area contributed by atoms with Crippen LogP contribution in [0.5, 0.6) is 0 Å². The molecule has 3 heterocycles. The second kappa shape index (κ2) is 4.82. The molecule has 1 aliphatic rings. The number of rotatable bonds is 4. The van der Waals surface area contributed by atoms with E-state index in [9.17, 15) is 8.42 Å². The Morgan fingerprint density at radius 1 is 1.22 bits per heavy atom. The fraction of sp³-hybridized carbons (Fsp3) is 0.333. The van der Waals surface area contributed by atoms with Gasteiger partial charge >= 0.3 is 0 Å². The minimum atomic E-state index is -3.66. The lowest BCUT2D eigenvalue weighted by Gasteiger charge is -2.08. The summed E-state index contributed by atoms with van der Waals surface area (Å²) in [5.74, 6) is 0.265. The van der Waals surface area contributed by atoms with Crippen LogP contribution in [0.15, 0.2) is 35.6 Å². The van der Waals surface area contributed by atoms with E-state index in [0.717, 1.165) is 24.2 Å². The molecule has 0 atom stereocenters. The molecule has 0 spiro atoms. The second-order valence-electron chi connectivity index (χ2n) is 6.00. The first-order valence-corrected chi connectivity index (χ1v) is 8.92. The maximum atomic E-state index is 12.7. The van der Waals surface area contributed by atoms with Gasteiger partial charge in [0, 0.05) is 31.6 Å². The number of anilines is 1. The highest BCUT2D eigenvalue weighted by Gasteiger charge is 2.33. The van der Waals surface area contributed by atoms with Crippen molar-refractivity contribution < 1.29 is 8.42 Å². The summed E-state index contributed by atoms with van der Waals surface area (Å²) in [5.41, 5.74) is 2.83. The number of pyridine rings is 1. The molecule has 1 aliphatic carbocycles. The van der Waals surface area contributed by atoms with E-state index >= 15 is 0 Å². The van der Waals surface area contributed by atoms with Gasteiger partial charge < -0.3 is 4.40 Å². The lowest BCUT2D eigenvalue weighted by molar-refractivity contribution is 0.600. The first-order chi connectivity index (χ1) is 10.9. The normalized spacial score (nSPS) is 15.2. The van der Waals surface area contributed by atoms with Gasteiger partial charge in [0.15, 0.2) is 0 Å². The Kier molecular flexibility index (Phi) is 2.99. The SMILES string of the molecule is Cc1cn2cc(NS(=O)(=O)c3cn(C)nc3C3CC3)ccc2n1. The van der Waals surface area contributed by atoms with Crippen LogP contribution in [0.25, 0.3) is 5.65 Å². The minimum Gasteiger partial charge on any atom is -0.305 e. The number of imidazole rings is 1. The van der Waals surface area contributed by atoms with Crippen molar-refractivity contribution in [1.29, 1.82) is 0 Å². The van der Waals surface area contributed by atoms with E-state index in [2.05, 4.69) is 14.8 Å². The van der Waals surface area contributed by atoms with Crippen molar-refractivity contribution in [3.05, 3.63) is 42.1 Å². The van der Waals surface area contributed by atoms with Gasteiger partial charge in [-0.25, -0.2) is 13.4 Å². The average molecular weight is 331 g/mol. The number of nitrogens with one attached hydrogen (secondary N) is 1. The van der Waals surface area contributed by atoms with Crippen molar-refractivity contribution in [2.45, 2.75) is 30.6 Å². The summed E-state index contributed by atoms with van der Waals surface area (Å²) in [5, 5.41) is 4.32. The van der Waals surface area contributed by atoms with Crippen LogP contribution >= 0.6 is 0 Å². The predicted molar refractivity (Wildman–Crippen MR) is 85.9 cm³/mol. The summed E-state index contributed by atoms with van der Waals surface area (Å²) in [7, 11) is -1.92. The third kappa shape index (κ3) is 2.59. The van der Waals surface area contributed by atoms with Crippen LogP contribution in [0, 0.1) is 6.92 Å². The van der Waals surface area contributed by atoms with E-state index in [1.807, 2.05) is 13.1 Å². The number of hydrogen-bond donors (Lipinski definition) is 1. The molecule has 0 bridgehead atoms. The topological polar surface area (TPSA) is 81.3 Å². The molecule has 1 N–H and O–H groups in total. The van der Waals surface area contributed by atoms with Crippen LogP contribution in [-0.2, 0) is 17.1 Å². The highest BCUT2D eigenvalue weighted by molar-refractivity contribution is 7.92. The molecule has 0 amide bonds. The molecule has 120 valence electrons. The van der Waals surface area contributed by atoms with Crippen LogP contribution in [0.2, 0.25) is 0 Å². The highest BCUT2D eigenvalue weighted by atomic mass is 32.2. The van der Waals surface area contributed by atoms with E-state index in [0.29, 0.717) is 11.4 Å². The van der Waals surface area contributed by atoms with Gasteiger partial charge in [0.1, 0.15) is 10.5 Å². The molecular formula is C15H17N5O2S. The maximum Gasteiger partial charge on any atom is 0.265 e. The van der Waals surface area contributed by atoms with Crippen LogP contribution < -0.4 is 4.72 Å². The van der Waals surface area contributed by atoms with Gasteiger partial charge in [-0.15, -0.1) is 0 Å². The Balaban J connectivity index is 1.70. The summed E-state index contributed by atoms with van der Waals surface area (Å²) in [6, 6.07) is 3.50. The van der Waals surface area contributed by atoms with Crippen LogP contribution in [-0.4, -0.2) is 27.6 Å². The Hall–Kier alpha value is -2.35. The first kappa shape index (κ1) is 14.3. The molecule has 0 aliphatic heterocycles. The molecule has 1 saturated carbocycles. The van der Waals surface area contributed by atoms with Gasteiger partial charge in [-0.2, -0.15) is 5.10 Å². The first-order valence-electron chi connectivity index (χ1n) is 7.44. The molecule has 3 aromatic rings. The third-order valence-electron chi connectivity index (χ3n) is 3.90.